The number of rotatable bonds is 2. The third-order valence-corrected chi connectivity index (χ3v) is 9.47. The van der Waals surface area contributed by atoms with Gasteiger partial charge < -0.3 is 9.84 Å². The summed E-state index contributed by atoms with van der Waals surface area (Å²) in [5.41, 5.74) is 0.0986. The fraction of sp³-hybridized carbons (Fsp3) is 0.913. The van der Waals surface area contributed by atoms with Crippen LogP contribution in [0.15, 0.2) is 11.6 Å². The molecule has 0 amide bonds. The second kappa shape index (κ2) is 5.56. The van der Waals surface area contributed by atoms with Crippen molar-refractivity contribution < 1.29 is 18.6 Å². The van der Waals surface area contributed by atoms with Gasteiger partial charge in [0.2, 0.25) is 0 Å². The highest BCUT2D eigenvalue weighted by molar-refractivity contribution is 5.32. The van der Waals surface area contributed by atoms with E-state index in [1.807, 2.05) is 6.08 Å². The highest BCUT2D eigenvalue weighted by Gasteiger charge is 2.64. The molecule has 0 radical (unpaired) electrons. The molecule has 4 fully saturated rings. The molecule has 0 saturated heterocycles. The minimum Gasteiger partial charge on any atom is -0.386 e. The molecular weight excluding hydrogens is 346 g/mol. The zero-order chi connectivity index (χ0) is 19.2. The Morgan fingerprint density at radius 1 is 0.963 bits per heavy atom. The van der Waals surface area contributed by atoms with Crippen LogP contribution < -0.4 is 0 Å². The van der Waals surface area contributed by atoms with Gasteiger partial charge >= 0.3 is 0 Å². The molecule has 0 aliphatic heterocycles. The van der Waals surface area contributed by atoms with E-state index >= 15 is 0 Å². The lowest BCUT2D eigenvalue weighted by Crippen LogP contribution is -2.56. The number of alkyl halides is 2. The topological polar surface area (TPSA) is 29.5 Å². The lowest BCUT2D eigenvalue weighted by Gasteiger charge is -2.58. The Kier molecular flexibility index (Phi) is 3.82. The van der Waals surface area contributed by atoms with Crippen LogP contribution in [0.3, 0.4) is 0 Å². The standard InChI is InChI=1S/C23H34F2O2/c1-20(12-13-20)27-19-7-5-15-14-4-6-17-21(2,11-9-18(26)23(17,24)25)16(14)8-10-22(15,19)3/h6,14-16,18-19,26H,4-5,7-13H2,1-3H3/t14-,15-,16-,18-,19-,21+,22-/m0/s1. The fourth-order valence-corrected chi connectivity index (χ4v) is 7.51. The summed E-state index contributed by atoms with van der Waals surface area (Å²) < 4.78 is 36.2. The normalized spacial score (nSPS) is 52.4. The maximum Gasteiger partial charge on any atom is 0.295 e. The molecule has 0 spiro atoms. The van der Waals surface area contributed by atoms with E-state index in [9.17, 15) is 13.9 Å². The van der Waals surface area contributed by atoms with E-state index in [2.05, 4.69) is 20.8 Å². The Morgan fingerprint density at radius 2 is 1.70 bits per heavy atom. The first-order valence-corrected chi connectivity index (χ1v) is 11.0. The molecule has 0 unspecified atom stereocenters. The van der Waals surface area contributed by atoms with Crippen molar-refractivity contribution in [1.29, 1.82) is 0 Å². The van der Waals surface area contributed by atoms with E-state index in [1.165, 1.54) is 19.3 Å². The van der Waals surface area contributed by atoms with Crippen LogP contribution in [0.1, 0.15) is 78.6 Å². The van der Waals surface area contributed by atoms with Gasteiger partial charge in [0.15, 0.2) is 0 Å². The molecule has 2 nitrogen and oxygen atoms in total. The molecule has 152 valence electrons. The monoisotopic (exact) mass is 380 g/mol. The third kappa shape index (κ3) is 2.48. The molecule has 0 bridgehead atoms. The van der Waals surface area contributed by atoms with Gasteiger partial charge in [-0.05, 0) is 93.3 Å². The summed E-state index contributed by atoms with van der Waals surface area (Å²) in [5, 5.41) is 9.92. The van der Waals surface area contributed by atoms with Crippen molar-refractivity contribution in [2.24, 2.45) is 28.6 Å². The van der Waals surface area contributed by atoms with Crippen LogP contribution in [0.5, 0.6) is 0 Å². The minimum absolute atomic E-state index is 0.104. The number of ether oxygens (including phenoxy) is 1. The highest BCUT2D eigenvalue weighted by Crippen LogP contribution is 2.67. The average molecular weight is 381 g/mol. The van der Waals surface area contributed by atoms with Gasteiger partial charge in [0.1, 0.15) is 6.10 Å². The molecule has 5 aliphatic carbocycles. The Bertz CT molecular complexity index is 669. The van der Waals surface area contributed by atoms with Gasteiger partial charge in [-0.1, -0.05) is 19.9 Å². The molecule has 0 aromatic heterocycles. The van der Waals surface area contributed by atoms with E-state index in [0.717, 1.165) is 25.7 Å². The number of hydrogen-bond donors (Lipinski definition) is 1. The molecule has 7 atom stereocenters. The van der Waals surface area contributed by atoms with Crippen molar-refractivity contribution in [2.75, 3.05) is 0 Å². The first-order valence-electron chi connectivity index (χ1n) is 11.0. The molecule has 0 aromatic carbocycles. The van der Waals surface area contributed by atoms with E-state index < -0.39 is 17.4 Å². The summed E-state index contributed by atoms with van der Waals surface area (Å²) in [6, 6.07) is 0. The summed E-state index contributed by atoms with van der Waals surface area (Å²) in [6.45, 7) is 6.71. The molecular formula is C23H34F2O2. The predicted molar refractivity (Wildman–Crippen MR) is 101 cm³/mol. The SMILES string of the molecule is CC1(O[C@H]2CC[C@H]3[C@@H]4CC=C5C(F)(F)[C@@H](O)CC[C@]5(C)[C@H]4CC[C@]23C)CC1. The Hall–Kier alpha value is -0.480. The van der Waals surface area contributed by atoms with Gasteiger partial charge in [0.25, 0.3) is 5.92 Å². The van der Waals surface area contributed by atoms with E-state index in [4.69, 9.17) is 4.74 Å². The van der Waals surface area contributed by atoms with Crippen molar-refractivity contribution in [1.82, 2.24) is 0 Å². The maximum atomic E-state index is 14.8. The summed E-state index contributed by atoms with van der Waals surface area (Å²) >= 11 is 0. The second-order valence-corrected chi connectivity index (χ2v) is 11.0. The molecule has 27 heavy (non-hydrogen) atoms. The zero-order valence-electron chi connectivity index (χ0n) is 16.9. The van der Waals surface area contributed by atoms with Gasteiger partial charge in [-0.3, -0.25) is 0 Å². The van der Waals surface area contributed by atoms with E-state index in [1.54, 1.807) is 0 Å². The summed E-state index contributed by atoms with van der Waals surface area (Å²) in [6.07, 6.45) is 9.09. The van der Waals surface area contributed by atoms with Crippen molar-refractivity contribution >= 4 is 0 Å². The number of aliphatic hydroxyl groups is 1. The smallest absolute Gasteiger partial charge is 0.295 e. The zero-order valence-corrected chi connectivity index (χ0v) is 16.9. The van der Waals surface area contributed by atoms with Crippen LogP contribution >= 0.6 is 0 Å². The van der Waals surface area contributed by atoms with Crippen molar-refractivity contribution in [2.45, 2.75) is 102 Å². The van der Waals surface area contributed by atoms with Gasteiger partial charge in [0, 0.05) is 5.57 Å². The molecule has 5 aliphatic rings. The number of halogens is 2. The number of hydrogen-bond acceptors (Lipinski definition) is 2. The summed E-state index contributed by atoms with van der Waals surface area (Å²) in [4.78, 5) is 0. The minimum atomic E-state index is -3.05. The van der Waals surface area contributed by atoms with Gasteiger partial charge in [-0.2, -0.15) is 8.78 Å². The summed E-state index contributed by atoms with van der Waals surface area (Å²) in [5.74, 6) is -1.66. The molecule has 0 aromatic rings. The van der Waals surface area contributed by atoms with Gasteiger partial charge in [0.05, 0.1) is 11.7 Å². The van der Waals surface area contributed by atoms with Crippen LogP contribution in [-0.2, 0) is 4.74 Å². The number of allylic oxidation sites excluding steroid dienone is 1. The lowest BCUT2D eigenvalue weighted by molar-refractivity contribution is -0.151. The quantitative estimate of drug-likeness (QED) is 0.642. The van der Waals surface area contributed by atoms with E-state index in [-0.39, 0.29) is 23.0 Å². The summed E-state index contributed by atoms with van der Waals surface area (Å²) in [7, 11) is 0. The number of fused-ring (bicyclic) bond motifs is 5. The van der Waals surface area contributed by atoms with Crippen molar-refractivity contribution in [3.63, 3.8) is 0 Å². The third-order valence-electron chi connectivity index (χ3n) is 9.47. The van der Waals surface area contributed by atoms with Crippen LogP contribution in [0.25, 0.3) is 0 Å². The first kappa shape index (κ1) is 18.5. The van der Waals surface area contributed by atoms with Gasteiger partial charge in [-0.25, -0.2) is 0 Å². The van der Waals surface area contributed by atoms with Crippen LogP contribution in [0.2, 0.25) is 0 Å². The fourth-order valence-electron chi connectivity index (χ4n) is 7.51. The van der Waals surface area contributed by atoms with Crippen LogP contribution in [-0.4, -0.2) is 28.8 Å². The van der Waals surface area contributed by atoms with Crippen molar-refractivity contribution in [3.8, 4) is 0 Å². The van der Waals surface area contributed by atoms with Crippen LogP contribution in [0, 0.1) is 28.6 Å². The van der Waals surface area contributed by atoms with Gasteiger partial charge in [-0.15, -0.1) is 0 Å². The Morgan fingerprint density at radius 3 is 2.41 bits per heavy atom. The lowest BCUT2D eigenvalue weighted by atomic mass is 9.47. The maximum absolute atomic E-state index is 14.8. The second-order valence-electron chi connectivity index (χ2n) is 11.0. The predicted octanol–water partition coefficient (Wildman–Crippen LogP) is 5.49. The largest absolute Gasteiger partial charge is 0.386 e. The highest BCUT2D eigenvalue weighted by atomic mass is 19.3. The van der Waals surface area contributed by atoms with Crippen molar-refractivity contribution in [3.05, 3.63) is 11.6 Å². The average Bonchev–Trinajstić information content (AvgIpc) is 3.24. The first-order chi connectivity index (χ1) is 12.6. The number of aliphatic hydroxyl groups excluding tert-OH is 1. The molecule has 1 N–H and O–H groups in total. The molecule has 4 heteroatoms. The molecule has 0 heterocycles. The van der Waals surface area contributed by atoms with Crippen LogP contribution in [0.4, 0.5) is 8.78 Å². The Balaban J connectivity index is 1.45. The Labute approximate surface area is 161 Å². The van der Waals surface area contributed by atoms with E-state index in [0.29, 0.717) is 30.3 Å². The molecule has 5 rings (SSSR count). The molecule has 4 saturated carbocycles.